The Hall–Kier alpha value is -1.37. The lowest BCUT2D eigenvalue weighted by atomic mass is 10.00. The predicted molar refractivity (Wildman–Crippen MR) is 72.7 cm³/mol. The molecular formula is C14H21N3O3. The molecule has 0 aliphatic carbocycles. The maximum Gasteiger partial charge on any atom is 0.301 e. The van der Waals surface area contributed by atoms with Crippen molar-refractivity contribution in [3.05, 3.63) is 23.2 Å². The summed E-state index contributed by atoms with van der Waals surface area (Å²) in [5.41, 5.74) is 2.89. The highest BCUT2D eigenvalue weighted by Gasteiger charge is 2.40. The number of aliphatic hydroxyl groups excluding tert-OH is 1. The average Bonchev–Trinajstić information content (AvgIpc) is 2.88. The number of amides is 1. The van der Waals surface area contributed by atoms with Crippen LogP contribution in [0.1, 0.15) is 47.6 Å². The largest absolute Gasteiger partial charge is 0.454 e. The van der Waals surface area contributed by atoms with Crippen molar-refractivity contribution in [3.8, 4) is 0 Å². The van der Waals surface area contributed by atoms with E-state index in [1.54, 1.807) is 0 Å². The standard InChI is InChI=1S/C14H21N3O3/c1-8-4-12(20-13(8)14(19)16-15)7-17-9-2-3-10(17)6-11(18)5-9/h4,9-11,18H,2-3,5-7,15H2,1H3,(H,16,19). The van der Waals surface area contributed by atoms with E-state index in [0.29, 0.717) is 18.6 Å². The zero-order chi connectivity index (χ0) is 14.3. The van der Waals surface area contributed by atoms with Crippen molar-refractivity contribution in [1.82, 2.24) is 10.3 Å². The molecule has 2 aliphatic rings. The summed E-state index contributed by atoms with van der Waals surface area (Å²) in [7, 11) is 0. The molecule has 1 amide bonds. The molecule has 2 atom stereocenters. The second kappa shape index (κ2) is 5.20. The molecule has 0 spiro atoms. The highest BCUT2D eigenvalue weighted by Crippen LogP contribution is 2.37. The number of nitrogen functional groups attached to an aromatic ring is 1. The zero-order valence-electron chi connectivity index (χ0n) is 11.6. The summed E-state index contributed by atoms with van der Waals surface area (Å²) in [4.78, 5) is 13.9. The number of aryl methyl sites for hydroxylation is 1. The van der Waals surface area contributed by atoms with Crippen molar-refractivity contribution in [2.24, 2.45) is 5.84 Å². The molecule has 110 valence electrons. The van der Waals surface area contributed by atoms with Crippen molar-refractivity contribution in [2.75, 3.05) is 0 Å². The second-order valence-electron chi connectivity index (χ2n) is 5.88. The topological polar surface area (TPSA) is 91.7 Å². The van der Waals surface area contributed by atoms with Crippen LogP contribution in [0, 0.1) is 6.92 Å². The zero-order valence-corrected chi connectivity index (χ0v) is 11.6. The van der Waals surface area contributed by atoms with Gasteiger partial charge in [-0.2, -0.15) is 0 Å². The van der Waals surface area contributed by atoms with Crippen LogP contribution in [0.4, 0.5) is 0 Å². The van der Waals surface area contributed by atoms with Crippen molar-refractivity contribution in [1.29, 1.82) is 0 Å². The lowest BCUT2D eigenvalue weighted by Gasteiger charge is -2.36. The Kier molecular flexibility index (Phi) is 3.54. The summed E-state index contributed by atoms with van der Waals surface area (Å²) in [6.07, 6.45) is 3.79. The van der Waals surface area contributed by atoms with Gasteiger partial charge in [-0.3, -0.25) is 15.1 Å². The van der Waals surface area contributed by atoms with Crippen LogP contribution in [0.5, 0.6) is 0 Å². The van der Waals surface area contributed by atoms with E-state index in [-0.39, 0.29) is 11.9 Å². The quantitative estimate of drug-likeness (QED) is 0.430. The molecule has 2 fully saturated rings. The first-order valence-electron chi connectivity index (χ1n) is 7.12. The lowest BCUT2D eigenvalue weighted by molar-refractivity contribution is 0.0274. The van der Waals surface area contributed by atoms with Gasteiger partial charge in [-0.15, -0.1) is 0 Å². The summed E-state index contributed by atoms with van der Waals surface area (Å²) < 4.78 is 5.62. The molecule has 4 N–H and O–H groups in total. The van der Waals surface area contributed by atoms with Crippen LogP contribution >= 0.6 is 0 Å². The van der Waals surface area contributed by atoms with Gasteiger partial charge in [-0.1, -0.05) is 0 Å². The normalized spacial score (nSPS) is 29.6. The average molecular weight is 279 g/mol. The van der Waals surface area contributed by atoms with Gasteiger partial charge in [0.1, 0.15) is 5.76 Å². The van der Waals surface area contributed by atoms with E-state index < -0.39 is 5.91 Å². The summed E-state index contributed by atoms with van der Waals surface area (Å²) in [5.74, 6) is 5.81. The smallest absolute Gasteiger partial charge is 0.301 e. The summed E-state index contributed by atoms with van der Waals surface area (Å²) in [6, 6.07) is 2.76. The van der Waals surface area contributed by atoms with Gasteiger partial charge in [-0.05, 0) is 38.7 Å². The molecule has 2 saturated heterocycles. The van der Waals surface area contributed by atoms with Crippen molar-refractivity contribution in [3.63, 3.8) is 0 Å². The third-order valence-electron chi connectivity index (χ3n) is 4.50. The number of hydrogen-bond acceptors (Lipinski definition) is 5. The van der Waals surface area contributed by atoms with Crippen LogP contribution in [0.2, 0.25) is 0 Å². The Labute approximate surface area is 117 Å². The number of furan rings is 1. The van der Waals surface area contributed by atoms with Crippen LogP contribution < -0.4 is 11.3 Å². The number of hydrogen-bond donors (Lipinski definition) is 3. The molecule has 2 aliphatic heterocycles. The molecule has 6 nitrogen and oxygen atoms in total. The minimum atomic E-state index is -0.397. The van der Waals surface area contributed by atoms with E-state index in [4.69, 9.17) is 10.3 Å². The molecule has 2 unspecified atom stereocenters. The van der Waals surface area contributed by atoms with E-state index in [2.05, 4.69) is 10.3 Å². The van der Waals surface area contributed by atoms with Gasteiger partial charge in [0.25, 0.3) is 0 Å². The van der Waals surface area contributed by atoms with Crippen molar-refractivity contribution < 1.29 is 14.3 Å². The minimum absolute atomic E-state index is 0.166. The maximum atomic E-state index is 11.5. The van der Waals surface area contributed by atoms with E-state index in [9.17, 15) is 9.90 Å². The molecule has 0 saturated carbocycles. The minimum Gasteiger partial charge on any atom is -0.454 e. The van der Waals surface area contributed by atoms with Gasteiger partial charge in [0.05, 0.1) is 12.6 Å². The highest BCUT2D eigenvalue weighted by molar-refractivity contribution is 5.92. The van der Waals surface area contributed by atoms with Gasteiger partial charge in [0, 0.05) is 17.6 Å². The molecule has 3 rings (SSSR count). The van der Waals surface area contributed by atoms with Crippen molar-refractivity contribution >= 4 is 5.91 Å². The Bertz CT molecular complexity index is 500. The summed E-state index contributed by atoms with van der Waals surface area (Å²) in [6.45, 7) is 2.53. The molecule has 2 bridgehead atoms. The maximum absolute atomic E-state index is 11.5. The summed E-state index contributed by atoms with van der Waals surface area (Å²) in [5, 5.41) is 9.81. The number of piperidine rings is 1. The van der Waals surface area contributed by atoms with Crippen LogP contribution in [0.25, 0.3) is 0 Å². The molecule has 0 radical (unpaired) electrons. The van der Waals surface area contributed by atoms with E-state index in [1.807, 2.05) is 13.0 Å². The highest BCUT2D eigenvalue weighted by atomic mass is 16.4. The third-order valence-corrected chi connectivity index (χ3v) is 4.50. The number of carbonyl (C=O) groups excluding carboxylic acids is 1. The Morgan fingerprint density at radius 3 is 2.75 bits per heavy atom. The summed E-state index contributed by atoms with van der Waals surface area (Å²) >= 11 is 0. The fourth-order valence-corrected chi connectivity index (χ4v) is 3.60. The van der Waals surface area contributed by atoms with Gasteiger partial charge in [-0.25, -0.2) is 5.84 Å². The number of aliphatic hydroxyl groups is 1. The monoisotopic (exact) mass is 279 g/mol. The second-order valence-corrected chi connectivity index (χ2v) is 5.88. The van der Waals surface area contributed by atoms with Gasteiger partial charge in [0.2, 0.25) is 0 Å². The SMILES string of the molecule is Cc1cc(CN2C3CCC2CC(O)C3)oc1C(=O)NN. The van der Waals surface area contributed by atoms with E-state index >= 15 is 0 Å². The first-order chi connectivity index (χ1) is 9.58. The molecular weight excluding hydrogens is 258 g/mol. The van der Waals surface area contributed by atoms with Gasteiger partial charge >= 0.3 is 5.91 Å². The molecule has 20 heavy (non-hydrogen) atoms. The number of carbonyl (C=O) groups is 1. The molecule has 1 aromatic rings. The number of nitrogens with one attached hydrogen (secondary N) is 1. The van der Waals surface area contributed by atoms with Crippen LogP contribution in [0.3, 0.4) is 0 Å². The number of nitrogens with zero attached hydrogens (tertiary/aromatic N) is 1. The fraction of sp³-hybridized carbons (Fsp3) is 0.643. The molecule has 1 aromatic heterocycles. The predicted octanol–water partition coefficient (Wildman–Crippen LogP) is 0.679. The molecule has 6 heteroatoms. The van der Waals surface area contributed by atoms with E-state index in [0.717, 1.165) is 37.0 Å². The lowest BCUT2D eigenvalue weighted by Crippen LogP contribution is -2.43. The third kappa shape index (κ3) is 2.34. The number of rotatable bonds is 3. The van der Waals surface area contributed by atoms with Gasteiger partial charge in [0.15, 0.2) is 5.76 Å². The Balaban J connectivity index is 1.74. The van der Waals surface area contributed by atoms with Crippen LogP contribution in [-0.4, -0.2) is 34.1 Å². The van der Waals surface area contributed by atoms with Crippen LogP contribution in [-0.2, 0) is 6.54 Å². The number of fused-ring (bicyclic) bond motifs is 2. The Morgan fingerprint density at radius 1 is 1.50 bits per heavy atom. The first kappa shape index (κ1) is 13.6. The number of hydrazine groups is 1. The Morgan fingerprint density at radius 2 is 2.15 bits per heavy atom. The fourth-order valence-electron chi connectivity index (χ4n) is 3.60. The number of nitrogens with two attached hydrogens (primary N) is 1. The first-order valence-corrected chi connectivity index (χ1v) is 7.12. The van der Waals surface area contributed by atoms with Crippen molar-refractivity contribution in [2.45, 2.75) is 57.3 Å². The van der Waals surface area contributed by atoms with Gasteiger partial charge < -0.3 is 9.52 Å². The van der Waals surface area contributed by atoms with E-state index in [1.165, 1.54) is 0 Å². The van der Waals surface area contributed by atoms with Crippen LogP contribution in [0.15, 0.2) is 10.5 Å². The molecule has 0 aromatic carbocycles. The molecule has 3 heterocycles.